The highest BCUT2D eigenvalue weighted by Crippen LogP contribution is 2.41. The van der Waals surface area contributed by atoms with E-state index in [2.05, 4.69) is 4.90 Å². The molecule has 204 valence electrons. The summed E-state index contributed by atoms with van der Waals surface area (Å²) in [6, 6.07) is 10.9. The third kappa shape index (κ3) is 7.02. The van der Waals surface area contributed by atoms with Crippen molar-refractivity contribution < 1.29 is 40.9 Å². The zero-order chi connectivity index (χ0) is 26.8. The van der Waals surface area contributed by atoms with E-state index in [0.717, 1.165) is 5.56 Å². The highest BCUT2D eigenvalue weighted by atomic mass is 19.4. The van der Waals surface area contributed by atoms with Gasteiger partial charge in [-0.15, -0.1) is 0 Å². The molecule has 2 heterocycles. The number of rotatable bonds is 6. The average Bonchev–Trinajstić information content (AvgIpc) is 2.85. The normalized spacial score (nSPS) is 25.2. The summed E-state index contributed by atoms with van der Waals surface area (Å²) < 4.78 is 92.3. The first-order valence-corrected chi connectivity index (χ1v) is 12.3. The van der Waals surface area contributed by atoms with Crippen molar-refractivity contribution in [3.63, 3.8) is 0 Å². The number of benzene rings is 2. The van der Waals surface area contributed by atoms with Crippen molar-refractivity contribution in [3.05, 3.63) is 76.0 Å². The van der Waals surface area contributed by atoms with E-state index < -0.39 is 35.9 Å². The number of halogens is 6. The van der Waals surface area contributed by atoms with Crippen LogP contribution >= 0.6 is 0 Å². The van der Waals surface area contributed by atoms with Gasteiger partial charge in [0.15, 0.2) is 6.29 Å². The molecule has 0 radical (unpaired) electrons. The van der Waals surface area contributed by atoms with Crippen LogP contribution in [0.5, 0.6) is 0 Å². The standard InChI is InChI=1S/C26H30F6N2O3/c1-17(20-13-21(25(27,28)29)15-22(14-20)26(30,31)32)37-24-23(18-5-3-2-4-6-18)19(7-12-36-24)16-33-8-10-34(35)11-9-33/h2-6,13-15,17,19,23-24,34H,7-12,16H2,1H3/t17-,19+,23+,24-/m1/s1. The van der Waals surface area contributed by atoms with Crippen LogP contribution in [0.15, 0.2) is 48.5 Å². The monoisotopic (exact) mass is 532 g/mol. The van der Waals surface area contributed by atoms with Gasteiger partial charge in [0.25, 0.3) is 0 Å². The molecule has 37 heavy (non-hydrogen) atoms. The average molecular weight is 533 g/mol. The summed E-state index contributed by atoms with van der Waals surface area (Å²) in [5.41, 5.74) is -2.07. The third-order valence-corrected chi connectivity index (χ3v) is 7.08. The Bertz CT molecular complexity index is 993. The Morgan fingerprint density at radius 2 is 1.59 bits per heavy atom. The van der Waals surface area contributed by atoms with Crippen LogP contribution in [0, 0.1) is 11.1 Å². The number of hydrogen-bond donors (Lipinski definition) is 1. The number of quaternary nitrogens is 1. The number of ether oxygens (including phenoxy) is 2. The Morgan fingerprint density at radius 1 is 1.00 bits per heavy atom. The minimum Gasteiger partial charge on any atom is -0.634 e. The molecule has 0 unspecified atom stereocenters. The number of alkyl halides is 6. The maximum Gasteiger partial charge on any atom is 0.416 e. The zero-order valence-electron chi connectivity index (χ0n) is 20.3. The molecular formula is C26H30F6N2O3. The summed E-state index contributed by atoms with van der Waals surface area (Å²) in [5, 5.41) is 11.9. The van der Waals surface area contributed by atoms with Gasteiger partial charge in [-0.1, -0.05) is 30.3 Å². The molecule has 2 fully saturated rings. The Kier molecular flexibility index (Phi) is 8.49. The molecule has 0 bridgehead atoms. The first-order valence-electron chi connectivity index (χ1n) is 12.3. The fourth-order valence-corrected chi connectivity index (χ4v) is 5.08. The predicted octanol–water partition coefficient (Wildman–Crippen LogP) is 4.65. The second-order valence-corrected chi connectivity index (χ2v) is 9.68. The summed E-state index contributed by atoms with van der Waals surface area (Å²) >= 11 is 0. The molecule has 2 aromatic carbocycles. The van der Waals surface area contributed by atoms with Gasteiger partial charge in [0, 0.05) is 25.6 Å². The lowest BCUT2D eigenvalue weighted by atomic mass is 9.81. The van der Waals surface area contributed by atoms with E-state index in [9.17, 15) is 31.5 Å². The van der Waals surface area contributed by atoms with Gasteiger partial charge in [-0.3, -0.25) is 4.90 Å². The molecule has 4 atom stereocenters. The first kappa shape index (κ1) is 27.8. The van der Waals surface area contributed by atoms with Gasteiger partial charge >= 0.3 is 12.4 Å². The lowest BCUT2D eigenvalue weighted by molar-refractivity contribution is -0.853. The summed E-state index contributed by atoms with van der Waals surface area (Å²) in [5.74, 6) is -0.225. The number of piperazine rings is 1. The highest BCUT2D eigenvalue weighted by Gasteiger charge is 2.40. The lowest BCUT2D eigenvalue weighted by Gasteiger charge is -2.42. The molecule has 11 heteroatoms. The Balaban J connectivity index is 1.60. The summed E-state index contributed by atoms with van der Waals surface area (Å²) in [7, 11) is 0. The van der Waals surface area contributed by atoms with Gasteiger partial charge < -0.3 is 19.7 Å². The van der Waals surface area contributed by atoms with E-state index in [-0.39, 0.29) is 28.5 Å². The molecule has 1 N–H and O–H groups in total. The number of hydrogen-bond acceptors (Lipinski definition) is 4. The van der Waals surface area contributed by atoms with E-state index >= 15 is 0 Å². The smallest absolute Gasteiger partial charge is 0.416 e. The second kappa shape index (κ2) is 11.3. The second-order valence-electron chi connectivity index (χ2n) is 9.68. The molecule has 0 aliphatic carbocycles. The summed E-state index contributed by atoms with van der Waals surface area (Å²) in [6.45, 7) is 4.76. The fraction of sp³-hybridized carbons (Fsp3) is 0.538. The molecule has 4 rings (SSSR count). The number of nitrogens with zero attached hydrogens (tertiary/aromatic N) is 1. The van der Waals surface area contributed by atoms with Crippen molar-refractivity contribution in [1.29, 1.82) is 0 Å². The molecule has 0 aromatic heterocycles. The van der Waals surface area contributed by atoms with Gasteiger partial charge in [-0.05, 0) is 48.6 Å². The molecule has 2 aliphatic rings. The van der Waals surface area contributed by atoms with E-state index in [1.165, 1.54) is 6.92 Å². The first-order chi connectivity index (χ1) is 17.4. The van der Waals surface area contributed by atoms with Crippen LogP contribution in [0.4, 0.5) is 26.3 Å². The molecule has 2 aliphatic heterocycles. The Morgan fingerprint density at radius 3 is 2.16 bits per heavy atom. The largest absolute Gasteiger partial charge is 0.634 e. The molecule has 0 saturated carbocycles. The van der Waals surface area contributed by atoms with Crippen LogP contribution in [-0.2, 0) is 21.8 Å². The van der Waals surface area contributed by atoms with Gasteiger partial charge in [-0.2, -0.15) is 26.3 Å². The van der Waals surface area contributed by atoms with E-state index in [0.29, 0.717) is 57.9 Å². The van der Waals surface area contributed by atoms with Crippen molar-refractivity contribution in [3.8, 4) is 0 Å². The van der Waals surface area contributed by atoms with Crippen LogP contribution in [-0.4, -0.2) is 50.5 Å². The molecule has 0 spiro atoms. The Hall–Kier alpha value is -2.18. The molecule has 2 aromatic rings. The van der Waals surface area contributed by atoms with Gasteiger partial charge in [0.1, 0.15) is 0 Å². The third-order valence-electron chi connectivity index (χ3n) is 7.08. The van der Waals surface area contributed by atoms with Crippen molar-refractivity contribution in [2.75, 3.05) is 39.3 Å². The fourth-order valence-electron chi connectivity index (χ4n) is 5.08. The maximum absolute atomic E-state index is 13.4. The highest BCUT2D eigenvalue weighted by molar-refractivity contribution is 5.34. The topological polar surface area (TPSA) is 49.2 Å². The molecule has 0 amide bonds. The zero-order valence-corrected chi connectivity index (χ0v) is 20.3. The summed E-state index contributed by atoms with van der Waals surface area (Å²) in [6.07, 6.45) is -11.1. The molecular weight excluding hydrogens is 502 g/mol. The van der Waals surface area contributed by atoms with Crippen molar-refractivity contribution in [1.82, 2.24) is 4.90 Å². The maximum atomic E-state index is 13.4. The van der Waals surface area contributed by atoms with Gasteiger partial charge in [0.05, 0.1) is 36.9 Å². The molecule has 2 saturated heterocycles. The van der Waals surface area contributed by atoms with Crippen LogP contribution in [0.25, 0.3) is 0 Å². The van der Waals surface area contributed by atoms with Crippen LogP contribution in [0.3, 0.4) is 0 Å². The number of nitrogens with one attached hydrogen (secondary N) is 1. The minimum absolute atomic E-state index is 0.0637. The summed E-state index contributed by atoms with van der Waals surface area (Å²) in [4.78, 5) is 2.22. The van der Waals surface area contributed by atoms with Crippen molar-refractivity contribution >= 4 is 0 Å². The van der Waals surface area contributed by atoms with Crippen LogP contribution < -0.4 is 5.06 Å². The van der Waals surface area contributed by atoms with E-state index in [1.807, 2.05) is 30.3 Å². The van der Waals surface area contributed by atoms with Crippen molar-refractivity contribution in [2.24, 2.45) is 5.92 Å². The van der Waals surface area contributed by atoms with E-state index in [4.69, 9.17) is 9.47 Å². The predicted molar refractivity (Wildman–Crippen MR) is 123 cm³/mol. The van der Waals surface area contributed by atoms with Gasteiger partial charge in [-0.25, -0.2) is 0 Å². The number of hydroxylamine groups is 2. The Labute approximate surface area is 211 Å². The van der Waals surface area contributed by atoms with Gasteiger partial charge in [0.2, 0.25) is 0 Å². The van der Waals surface area contributed by atoms with E-state index in [1.54, 1.807) is 0 Å². The van der Waals surface area contributed by atoms with Crippen LogP contribution in [0.1, 0.15) is 47.6 Å². The van der Waals surface area contributed by atoms with Crippen molar-refractivity contribution in [2.45, 2.75) is 44.0 Å². The SMILES string of the molecule is C[C@@H](O[C@H]1OCC[C@@H](CN2CC[NH+]([O-])CC2)[C@@H]1c1ccccc1)c1cc(C(F)(F)F)cc(C(F)(F)F)c1. The molecule has 5 nitrogen and oxygen atoms in total. The van der Waals surface area contributed by atoms with Crippen LogP contribution in [0.2, 0.25) is 0 Å². The quantitative estimate of drug-likeness (QED) is 0.435. The lowest BCUT2D eigenvalue weighted by Crippen LogP contribution is -3.10. The minimum atomic E-state index is -4.94.